The van der Waals surface area contributed by atoms with Crippen molar-refractivity contribution in [3.63, 3.8) is 0 Å². The van der Waals surface area contributed by atoms with Gasteiger partial charge in [0.1, 0.15) is 0 Å². The van der Waals surface area contributed by atoms with Crippen LogP contribution in [0.1, 0.15) is 30.6 Å². The molecular weight excluding hydrogens is 256 g/mol. The molecular formula is C11H15BrN2O. The fraction of sp³-hybridized carbons (Fsp3) is 0.455. The van der Waals surface area contributed by atoms with Crippen molar-refractivity contribution in [1.29, 1.82) is 0 Å². The SMILES string of the molecule is CCC(C)CNC(=O)c1cncc(Br)c1. The van der Waals surface area contributed by atoms with Gasteiger partial charge in [0.05, 0.1) is 5.56 Å². The molecule has 0 spiro atoms. The maximum atomic E-state index is 11.6. The minimum Gasteiger partial charge on any atom is -0.352 e. The Labute approximate surface area is 98.4 Å². The molecule has 1 amide bonds. The van der Waals surface area contributed by atoms with Gasteiger partial charge in [0, 0.05) is 23.4 Å². The zero-order valence-corrected chi connectivity index (χ0v) is 10.5. The number of hydrogen-bond donors (Lipinski definition) is 1. The van der Waals surface area contributed by atoms with Crippen molar-refractivity contribution in [3.05, 3.63) is 28.5 Å². The van der Waals surface area contributed by atoms with Crippen LogP contribution in [0.5, 0.6) is 0 Å². The Morgan fingerprint density at radius 3 is 2.93 bits per heavy atom. The van der Waals surface area contributed by atoms with Gasteiger partial charge < -0.3 is 5.32 Å². The number of halogens is 1. The van der Waals surface area contributed by atoms with Gasteiger partial charge in [-0.15, -0.1) is 0 Å². The van der Waals surface area contributed by atoms with E-state index in [2.05, 4.69) is 40.1 Å². The topological polar surface area (TPSA) is 42.0 Å². The molecule has 0 radical (unpaired) electrons. The van der Waals surface area contributed by atoms with Crippen LogP contribution in [0, 0.1) is 5.92 Å². The molecule has 4 heteroatoms. The Balaban J connectivity index is 2.54. The van der Waals surface area contributed by atoms with Gasteiger partial charge in [-0.3, -0.25) is 9.78 Å². The van der Waals surface area contributed by atoms with Gasteiger partial charge in [-0.1, -0.05) is 20.3 Å². The lowest BCUT2D eigenvalue weighted by atomic mass is 10.1. The van der Waals surface area contributed by atoms with Gasteiger partial charge in [-0.05, 0) is 27.9 Å². The number of carbonyl (C=O) groups excluding carboxylic acids is 1. The molecule has 0 aromatic carbocycles. The van der Waals surface area contributed by atoms with E-state index in [0.717, 1.165) is 10.9 Å². The molecule has 0 saturated carbocycles. The Hall–Kier alpha value is -0.900. The van der Waals surface area contributed by atoms with Crippen molar-refractivity contribution in [2.24, 2.45) is 5.92 Å². The minimum atomic E-state index is -0.0656. The third-order valence-corrected chi connectivity index (χ3v) is 2.71. The second kappa shape index (κ2) is 5.85. The van der Waals surface area contributed by atoms with Crippen molar-refractivity contribution in [3.8, 4) is 0 Å². The zero-order valence-electron chi connectivity index (χ0n) is 8.96. The van der Waals surface area contributed by atoms with Crippen LogP contribution < -0.4 is 5.32 Å². The molecule has 15 heavy (non-hydrogen) atoms. The van der Waals surface area contributed by atoms with E-state index in [1.807, 2.05) is 0 Å². The van der Waals surface area contributed by atoms with Gasteiger partial charge in [-0.2, -0.15) is 0 Å². The molecule has 1 aromatic rings. The zero-order chi connectivity index (χ0) is 11.3. The maximum Gasteiger partial charge on any atom is 0.252 e. The summed E-state index contributed by atoms with van der Waals surface area (Å²) in [6, 6.07) is 1.76. The highest BCUT2D eigenvalue weighted by atomic mass is 79.9. The highest BCUT2D eigenvalue weighted by Gasteiger charge is 2.07. The average Bonchev–Trinajstić information content (AvgIpc) is 2.25. The summed E-state index contributed by atoms with van der Waals surface area (Å²) in [5, 5.41) is 2.88. The van der Waals surface area contributed by atoms with Crippen LogP contribution >= 0.6 is 15.9 Å². The number of rotatable bonds is 4. The molecule has 1 aromatic heterocycles. The van der Waals surface area contributed by atoms with Gasteiger partial charge in [0.15, 0.2) is 0 Å². The number of hydrogen-bond acceptors (Lipinski definition) is 2. The lowest BCUT2D eigenvalue weighted by molar-refractivity contribution is 0.0947. The Kier molecular flexibility index (Phi) is 4.75. The quantitative estimate of drug-likeness (QED) is 0.914. The Morgan fingerprint density at radius 2 is 2.33 bits per heavy atom. The van der Waals surface area contributed by atoms with E-state index in [-0.39, 0.29) is 5.91 Å². The van der Waals surface area contributed by atoms with Crippen molar-refractivity contribution < 1.29 is 4.79 Å². The summed E-state index contributed by atoms with van der Waals surface area (Å²) >= 11 is 3.28. The third-order valence-electron chi connectivity index (χ3n) is 2.28. The van der Waals surface area contributed by atoms with E-state index < -0.39 is 0 Å². The number of amides is 1. The largest absolute Gasteiger partial charge is 0.352 e. The third kappa shape index (κ3) is 4.00. The van der Waals surface area contributed by atoms with Gasteiger partial charge >= 0.3 is 0 Å². The molecule has 0 aliphatic carbocycles. The molecule has 0 aliphatic heterocycles. The first-order chi connectivity index (χ1) is 7.13. The maximum absolute atomic E-state index is 11.6. The summed E-state index contributed by atoms with van der Waals surface area (Å²) in [6.45, 7) is 4.93. The molecule has 1 unspecified atom stereocenters. The summed E-state index contributed by atoms with van der Waals surface area (Å²) in [5.41, 5.74) is 0.590. The fourth-order valence-corrected chi connectivity index (χ4v) is 1.41. The highest BCUT2D eigenvalue weighted by Crippen LogP contribution is 2.09. The fourth-order valence-electron chi connectivity index (χ4n) is 1.05. The van der Waals surface area contributed by atoms with E-state index >= 15 is 0 Å². The van der Waals surface area contributed by atoms with Crippen LogP contribution in [0.15, 0.2) is 22.9 Å². The van der Waals surface area contributed by atoms with Crippen LogP contribution in [-0.4, -0.2) is 17.4 Å². The lowest BCUT2D eigenvalue weighted by Crippen LogP contribution is -2.28. The molecule has 1 heterocycles. The molecule has 0 fully saturated rings. The van der Waals surface area contributed by atoms with Crippen LogP contribution in [0.4, 0.5) is 0 Å². The number of pyridine rings is 1. The van der Waals surface area contributed by atoms with Gasteiger partial charge in [0.25, 0.3) is 5.91 Å². The van der Waals surface area contributed by atoms with E-state index in [1.54, 1.807) is 18.5 Å². The normalized spacial score (nSPS) is 12.2. The number of nitrogens with one attached hydrogen (secondary N) is 1. The lowest BCUT2D eigenvalue weighted by Gasteiger charge is -2.09. The molecule has 1 N–H and O–H groups in total. The minimum absolute atomic E-state index is 0.0656. The predicted octanol–water partition coefficient (Wildman–Crippen LogP) is 2.62. The van der Waals surface area contributed by atoms with E-state index in [1.165, 1.54) is 0 Å². The second-order valence-corrected chi connectivity index (χ2v) is 4.53. The van der Waals surface area contributed by atoms with Crippen LogP contribution in [0.25, 0.3) is 0 Å². The second-order valence-electron chi connectivity index (χ2n) is 3.62. The van der Waals surface area contributed by atoms with Gasteiger partial charge in [0.2, 0.25) is 0 Å². The first-order valence-electron chi connectivity index (χ1n) is 5.02. The highest BCUT2D eigenvalue weighted by molar-refractivity contribution is 9.10. The molecule has 3 nitrogen and oxygen atoms in total. The van der Waals surface area contributed by atoms with Crippen molar-refractivity contribution in [1.82, 2.24) is 10.3 Å². The molecule has 0 bridgehead atoms. The predicted molar refractivity (Wildman–Crippen MR) is 63.7 cm³/mol. The molecule has 0 saturated heterocycles. The monoisotopic (exact) mass is 270 g/mol. The molecule has 1 atom stereocenters. The standard InChI is InChI=1S/C11H15BrN2O/c1-3-8(2)5-14-11(15)9-4-10(12)7-13-6-9/h4,6-8H,3,5H2,1-2H3,(H,14,15). The summed E-state index contributed by atoms with van der Waals surface area (Å²) in [7, 11) is 0. The van der Waals surface area contributed by atoms with Crippen LogP contribution in [0.3, 0.4) is 0 Å². The van der Waals surface area contributed by atoms with Crippen molar-refractivity contribution >= 4 is 21.8 Å². The molecule has 0 aliphatic rings. The Morgan fingerprint density at radius 1 is 1.60 bits per heavy atom. The van der Waals surface area contributed by atoms with Crippen LogP contribution in [-0.2, 0) is 0 Å². The summed E-state index contributed by atoms with van der Waals surface area (Å²) < 4.78 is 0.818. The average molecular weight is 271 g/mol. The van der Waals surface area contributed by atoms with Crippen molar-refractivity contribution in [2.45, 2.75) is 20.3 Å². The van der Waals surface area contributed by atoms with Crippen molar-refractivity contribution in [2.75, 3.05) is 6.54 Å². The smallest absolute Gasteiger partial charge is 0.252 e. The molecule has 82 valence electrons. The molecule has 1 rings (SSSR count). The van der Waals surface area contributed by atoms with Gasteiger partial charge in [-0.25, -0.2) is 0 Å². The summed E-state index contributed by atoms with van der Waals surface area (Å²) in [5.74, 6) is 0.443. The first kappa shape index (κ1) is 12.2. The summed E-state index contributed by atoms with van der Waals surface area (Å²) in [6.07, 6.45) is 4.29. The number of aromatic nitrogens is 1. The number of carbonyl (C=O) groups is 1. The summed E-state index contributed by atoms with van der Waals surface area (Å²) in [4.78, 5) is 15.6. The van der Waals surface area contributed by atoms with E-state index in [9.17, 15) is 4.79 Å². The first-order valence-corrected chi connectivity index (χ1v) is 5.81. The van der Waals surface area contributed by atoms with E-state index in [4.69, 9.17) is 0 Å². The van der Waals surface area contributed by atoms with Crippen LogP contribution in [0.2, 0.25) is 0 Å². The number of nitrogens with zero attached hydrogens (tertiary/aromatic N) is 1. The van der Waals surface area contributed by atoms with E-state index in [0.29, 0.717) is 18.0 Å². The Bertz CT molecular complexity index is 341.